The first-order chi connectivity index (χ1) is 13.6. The molecule has 0 atom stereocenters. The molecule has 2 aromatic carbocycles. The molecule has 3 heterocycles. The summed E-state index contributed by atoms with van der Waals surface area (Å²) in [5.41, 5.74) is 3.61. The van der Waals surface area contributed by atoms with Gasteiger partial charge >= 0.3 is 0 Å². The van der Waals surface area contributed by atoms with Gasteiger partial charge in [0.1, 0.15) is 10.3 Å². The van der Waals surface area contributed by atoms with Crippen LogP contribution in [0.5, 0.6) is 0 Å². The normalized spacial score (nSPS) is 11.5. The summed E-state index contributed by atoms with van der Waals surface area (Å²) in [6.07, 6.45) is 0. The zero-order valence-corrected chi connectivity index (χ0v) is 17.7. The Hall–Kier alpha value is -2.25. The van der Waals surface area contributed by atoms with Crippen LogP contribution in [0.2, 0.25) is 5.02 Å². The molecule has 28 heavy (non-hydrogen) atoms. The second-order valence-electron chi connectivity index (χ2n) is 6.34. The molecule has 0 aliphatic heterocycles. The quantitative estimate of drug-likeness (QED) is 0.300. The standard InChI is InChI=1S/C21H13ClN2OS3/c22-15-9-5-4-8-14(15)12-23-19-17(13-6-2-1-3-7-13)28-21(26)24(19)16-10-11-27-18(16)20(23)25/h1-11H,12H2. The molecule has 0 radical (unpaired) electrons. The van der Waals surface area contributed by atoms with Crippen LogP contribution in [0.4, 0.5) is 0 Å². The fraction of sp³-hybridized carbons (Fsp3) is 0.0476. The van der Waals surface area contributed by atoms with Gasteiger partial charge in [-0.15, -0.1) is 22.7 Å². The van der Waals surface area contributed by atoms with Gasteiger partial charge in [0, 0.05) is 5.02 Å². The van der Waals surface area contributed by atoms with Gasteiger partial charge in [-0.05, 0) is 40.9 Å². The zero-order valence-electron chi connectivity index (χ0n) is 14.5. The van der Waals surface area contributed by atoms with E-state index in [0.717, 1.165) is 31.1 Å². The predicted octanol–water partition coefficient (Wildman–Crippen LogP) is 6.48. The third-order valence-electron chi connectivity index (χ3n) is 4.69. The van der Waals surface area contributed by atoms with Crippen LogP contribution in [0, 0.1) is 3.95 Å². The van der Waals surface area contributed by atoms with E-state index in [9.17, 15) is 4.79 Å². The van der Waals surface area contributed by atoms with Crippen molar-refractivity contribution in [1.29, 1.82) is 0 Å². The number of thiophene rings is 1. The maximum Gasteiger partial charge on any atom is 0.271 e. The molecule has 0 bridgehead atoms. The molecular weight excluding hydrogens is 428 g/mol. The first kappa shape index (κ1) is 17.8. The van der Waals surface area contributed by atoms with Crippen molar-refractivity contribution in [1.82, 2.24) is 8.97 Å². The SMILES string of the molecule is O=c1c2sccc2n2c(=S)sc(-c3ccccc3)c2n1Cc1ccccc1Cl. The van der Waals surface area contributed by atoms with E-state index in [-0.39, 0.29) is 5.56 Å². The molecule has 0 saturated carbocycles. The molecule has 0 amide bonds. The average molecular weight is 441 g/mol. The van der Waals surface area contributed by atoms with Crippen molar-refractivity contribution in [3.05, 3.63) is 90.9 Å². The summed E-state index contributed by atoms with van der Waals surface area (Å²) >= 11 is 15.1. The number of nitrogens with zero attached hydrogens (tertiary/aromatic N) is 2. The van der Waals surface area contributed by atoms with Crippen molar-refractivity contribution in [3.8, 4) is 10.4 Å². The van der Waals surface area contributed by atoms with Gasteiger partial charge < -0.3 is 0 Å². The van der Waals surface area contributed by atoms with Gasteiger partial charge in [-0.25, -0.2) is 0 Å². The Labute approximate surface area is 178 Å². The summed E-state index contributed by atoms with van der Waals surface area (Å²) in [7, 11) is 0. The van der Waals surface area contributed by atoms with Gasteiger partial charge in [-0.3, -0.25) is 13.8 Å². The highest BCUT2D eigenvalue weighted by Gasteiger charge is 2.19. The van der Waals surface area contributed by atoms with Crippen LogP contribution in [-0.4, -0.2) is 8.97 Å². The summed E-state index contributed by atoms with van der Waals surface area (Å²) < 4.78 is 5.25. The van der Waals surface area contributed by atoms with Crippen molar-refractivity contribution < 1.29 is 0 Å². The lowest BCUT2D eigenvalue weighted by atomic mass is 10.2. The largest absolute Gasteiger partial charge is 0.287 e. The molecule has 7 heteroatoms. The van der Waals surface area contributed by atoms with Crippen molar-refractivity contribution in [3.63, 3.8) is 0 Å². The van der Waals surface area contributed by atoms with Crippen molar-refractivity contribution in [2.75, 3.05) is 0 Å². The van der Waals surface area contributed by atoms with E-state index in [0.29, 0.717) is 16.3 Å². The minimum atomic E-state index is -0.0186. The maximum atomic E-state index is 13.4. The molecule has 0 N–H and O–H groups in total. The molecule has 0 saturated heterocycles. The van der Waals surface area contributed by atoms with E-state index in [1.165, 1.54) is 22.7 Å². The third kappa shape index (κ3) is 2.76. The molecular formula is C21H13ClN2OS3. The zero-order chi connectivity index (χ0) is 19.3. The van der Waals surface area contributed by atoms with Crippen LogP contribution in [0.15, 0.2) is 70.8 Å². The first-order valence-electron chi connectivity index (χ1n) is 8.59. The molecule has 0 fully saturated rings. The minimum Gasteiger partial charge on any atom is -0.287 e. The maximum absolute atomic E-state index is 13.4. The molecule has 5 rings (SSSR count). The van der Waals surface area contributed by atoms with E-state index >= 15 is 0 Å². The van der Waals surface area contributed by atoms with Gasteiger partial charge in [-0.2, -0.15) is 0 Å². The average Bonchev–Trinajstić information content (AvgIpc) is 3.32. The summed E-state index contributed by atoms with van der Waals surface area (Å²) in [5.74, 6) is 0. The highest BCUT2D eigenvalue weighted by molar-refractivity contribution is 7.73. The van der Waals surface area contributed by atoms with E-state index in [1.54, 1.807) is 4.57 Å². The van der Waals surface area contributed by atoms with Crippen LogP contribution in [0.25, 0.3) is 26.3 Å². The first-order valence-corrected chi connectivity index (χ1v) is 11.1. The second kappa shape index (κ2) is 6.97. The number of hydrogen-bond acceptors (Lipinski definition) is 4. The number of hydrogen-bond donors (Lipinski definition) is 0. The minimum absolute atomic E-state index is 0.0186. The molecule has 138 valence electrons. The second-order valence-corrected chi connectivity index (χ2v) is 9.31. The van der Waals surface area contributed by atoms with Crippen LogP contribution in [-0.2, 0) is 6.54 Å². The number of thiazole rings is 1. The smallest absolute Gasteiger partial charge is 0.271 e. The van der Waals surface area contributed by atoms with E-state index in [2.05, 4.69) is 0 Å². The number of halogens is 1. The summed E-state index contributed by atoms with van der Waals surface area (Å²) in [6.45, 7) is 0.390. The van der Waals surface area contributed by atoms with Crippen molar-refractivity contribution >= 4 is 62.4 Å². The van der Waals surface area contributed by atoms with Gasteiger partial charge in [0.2, 0.25) is 0 Å². The van der Waals surface area contributed by atoms with E-state index in [1.807, 2.05) is 70.4 Å². The Morgan fingerprint density at radius 3 is 2.54 bits per heavy atom. The fourth-order valence-electron chi connectivity index (χ4n) is 3.40. The van der Waals surface area contributed by atoms with Gasteiger partial charge in [-0.1, -0.05) is 60.1 Å². The molecule has 3 aromatic heterocycles. The van der Waals surface area contributed by atoms with Crippen molar-refractivity contribution in [2.24, 2.45) is 0 Å². The lowest BCUT2D eigenvalue weighted by Crippen LogP contribution is -2.23. The highest BCUT2D eigenvalue weighted by atomic mass is 35.5. The Bertz CT molecular complexity index is 1440. The number of aromatic nitrogens is 2. The Morgan fingerprint density at radius 2 is 1.75 bits per heavy atom. The van der Waals surface area contributed by atoms with Gasteiger partial charge in [0.05, 0.1) is 16.9 Å². The van der Waals surface area contributed by atoms with Crippen LogP contribution in [0.3, 0.4) is 0 Å². The molecule has 0 unspecified atom stereocenters. The molecule has 3 nitrogen and oxygen atoms in total. The van der Waals surface area contributed by atoms with Crippen LogP contribution in [0.1, 0.15) is 5.56 Å². The Kier molecular flexibility index (Phi) is 4.44. The van der Waals surface area contributed by atoms with Gasteiger partial charge in [0.15, 0.2) is 3.95 Å². The molecule has 0 spiro atoms. The summed E-state index contributed by atoms with van der Waals surface area (Å²) in [4.78, 5) is 14.4. The number of rotatable bonds is 3. The topological polar surface area (TPSA) is 26.4 Å². The monoisotopic (exact) mass is 440 g/mol. The molecule has 0 aliphatic carbocycles. The van der Waals surface area contributed by atoms with Gasteiger partial charge in [0.25, 0.3) is 5.56 Å². The molecule has 0 aliphatic rings. The van der Waals surface area contributed by atoms with Crippen LogP contribution < -0.4 is 5.56 Å². The fourth-order valence-corrected chi connectivity index (χ4v) is 5.85. The Balaban J connectivity index is 1.92. The van der Waals surface area contributed by atoms with Crippen molar-refractivity contribution in [2.45, 2.75) is 6.54 Å². The Morgan fingerprint density at radius 1 is 1.00 bits per heavy atom. The van der Waals surface area contributed by atoms with E-state index < -0.39 is 0 Å². The predicted molar refractivity (Wildman–Crippen MR) is 122 cm³/mol. The van der Waals surface area contributed by atoms with Crippen LogP contribution >= 0.6 is 46.5 Å². The highest BCUT2D eigenvalue weighted by Crippen LogP contribution is 2.34. The molecule has 5 aromatic rings. The summed E-state index contributed by atoms with van der Waals surface area (Å²) in [5, 5.41) is 2.58. The van der Waals surface area contributed by atoms with E-state index in [4.69, 9.17) is 23.8 Å². The lowest BCUT2D eigenvalue weighted by molar-refractivity contribution is 0.782. The third-order valence-corrected chi connectivity index (χ3v) is 7.36. The summed E-state index contributed by atoms with van der Waals surface area (Å²) in [6, 6.07) is 19.6. The number of fused-ring (bicyclic) bond motifs is 3. The lowest BCUT2D eigenvalue weighted by Gasteiger charge is -2.13. The number of benzene rings is 2.